The van der Waals surface area contributed by atoms with Crippen LogP contribution in [0.1, 0.15) is 50.5 Å². The summed E-state index contributed by atoms with van der Waals surface area (Å²) in [6.45, 7) is 5.05. The normalized spacial score (nSPS) is 33.1. The molecule has 3 unspecified atom stereocenters. The predicted molar refractivity (Wildman–Crippen MR) is 76.8 cm³/mol. The highest BCUT2D eigenvalue weighted by Gasteiger charge is 2.37. The van der Waals surface area contributed by atoms with Gasteiger partial charge in [0.05, 0.1) is 0 Å². The maximum absolute atomic E-state index is 2.79. The summed E-state index contributed by atoms with van der Waals surface area (Å²) in [6.07, 6.45) is 7.00. The first-order chi connectivity index (χ1) is 8.88. The summed E-state index contributed by atoms with van der Waals surface area (Å²) < 4.78 is 0. The summed E-state index contributed by atoms with van der Waals surface area (Å²) >= 11 is 0. The van der Waals surface area contributed by atoms with Gasteiger partial charge < -0.3 is 0 Å². The number of hydrogen-bond acceptors (Lipinski definition) is 1. The molecule has 1 nitrogen and oxygen atoms in total. The fourth-order valence-electron chi connectivity index (χ4n) is 3.98. The maximum atomic E-state index is 2.79. The van der Waals surface area contributed by atoms with Gasteiger partial charge in [-0.15, -0.1) is 0 Å². The fourth-order valence-corrected chi connectivity index (χ4v) is 3.98. The third kappa shape index (κ3) is 2.33. The molecule has 2 aliphatic heterocycles. The van der Waals surface area contributed by atoms with Crippen LogP contribution in [0.4, 0.5) is 0 Å². The standard InChI is InChI=1S/C17H25N/c1-2-14-12-16(15-8-4-3-5-9-15)17-10-6-7-11-18(17)13-14/h3-5,8-9,14,16-17H,2,6-7,10-13H2,1H3. The van der Waals surface area contributed by atoms with Crippen LogP contribution in [-0.2, 0) is 0 Å². The van der Waals surface area contributed by atoms with Gasteiger partial charge in [-0.3, -0.25) is 4.90 Å². The van der Waals surface area contributed by atoms with Crippen molar-refractivity contribution in [1.82, 2.24) is 4.90 Å². The lowest BCUT2D eigenvalue weighted by atomic mass is 9.75. The molecular formula is C17H25N. The smallest absolute Gasteiger partial charge is 0.0164 e. The number of fused-ring (bicyclic) bond motifs is 1. The van der Waals surface area contributed by atoms with Gasteiger partial charge in [-0.05, 0) is 43.2 Å². The van der Waals surface area contributed by atoms with Crippen LogP contribution in [0, 0.1) is 5.92 Å². The number of hydrogen-bond donors (Lipinski definition) is 0. The Bertz CT molecular complexity index is 372. The molecule has 0 amide bonds. The van der Waals surface area contributed by atoms with Crippen molar-refractivity contribution < 1.29 is 0 Å². The zero-order chi connectivity index (χ0) is 12.4. The van der Waals surface area contributed by atoms with Crippen LogP contribution in [0.3, 0.4) is 0 Å². The highest BCUT2D eigenvalue weighted by Crippen LogP contribution is 2.40. The number of nitrogens with zero attached hydrogens (tertiary/aromatic N) is 1. The second-order valence-electron chi connectivity index (χ2n) is 6.09. The monoisotopic (exact) mass is 243 g/mol. The Kier molecular flexibility index (Phi) is 3.69. The summed E-state index contributed by atoms with van der Waals surface area (Å²) in [4.78, 5) is 2.79. The minimum atomic E-state index is 0.783. The van der Waals surface area contributed by atoms with Gasteiger partial charge in [-0.2, -0.15) is 0 Å². The van der Waals surface area contributed by atoms with Crippen molar-refractivity contribution in [2.24, 2.45) is 5.92 Å². The van der Waals surface area contributed by atoms with Crippen molar-refractivity contribution >= 4 is 0 Å². The average molecular weight is 243 g/mol. The van der Waals surface area contributed by atoms with Gasteiger partial charge in [0.2, 0.25) is 0 Å². The highest BCUT2D eigenvalue weighted by atomic mass is 15.2. The molecule has 0 spiro atoms. The molecule has 0 radical (unpaired) electrons. The Hall–Kier alpha value is -0.820. The van der Waals surface area contributed by atoms with E-state index in [9.17, 15) is 0 Å². The SMILES string of the molecule is CCC1CC(c2ccccc2)C2CCCCN2C1. The summed E-state index contributed by atoms with van der Waals surface area (Å²) in [5, 5.41) is 0. The highest BCUT2D eigenvalue weighted by molar-refractivity contribution is 5.22. The Morgan fingerprint density at radius 3 is 2.78 bits per heavy atom. The molecule has 0 saturated carbocycles. The molecule has 3 rings (SSSR count). The molecule has 98 valence electrons. The topological polar surface area (TPSA) is 3.24 Å². The zero-order valence-corrected chi connectivity index (χ0v) is 11.5. The van der Waals surface area contributed by atoms with Crippen molar-refractivity contribution in [2.45, 2.75) is 51.0 Å². The van der Waals surface area contributed by atoms with Crippen LogP contribution >= 0.6 is 0 Å². The molecule has 1 heteroatoms. The molecule has 18 heavy (non-hydrogen) atoms. The number of benzene rings is 1. The van der Waals surface area contributed by atoms with E-state index in [4.69, 9.17) is 0 Å². The first-order valence-corrected chi connectivity index (χ1v) is 7.67. The number of piperidine rings is 2. The van der Waals surface area contributed by atoms with Crippen LogP contribution in [0.15, 0.2) is 30.3 Å². The van der Waals surface area contributed by atoms with Gasteiger partial charge in [0.15, 0.2) is 0 Å². The second kappa shape index (κ2) is 5.44. The molecule has 0 bridgehead atoms. The van der Waals surface area contributed by atoms with Crippen molar-refractivity contribution in [3.05, 3.63) is 35.9 Å². The van der Waals surface area contributed by atoms with E-state index in [0.29, 0.717) is 0 Å². The molecule has 0 N–H and O–H groups in total. The van der Waals surface area contributed by atoms with Crippen molar-refractivity contribution in [1.29, 1.82) is 0 Å². The van der Waals surface area contributed by atoms with Gasteiger partial charge in [0.1, 0.15) is 0 Å². The lowest BCUT2D eigenvalue weighted by molar-refractivity contribution is 0.0553. The van der Waals surface area contributed by atoms with E-state index >= 15 is 0 Å². The van der Waals surface area contributed by atoms with Crippen molar-refractivity contribution in [3.63, 3.8) is 0 Å². The summed E-state index contributed by atoms with van der Waals surface area (Å²) in [5.41, 5.74) is 1.58. The van der Waals surface area contributed by atoms with E-state index in [1.54, 1.807) is 5.56 Å². The molecule has 2 fully saturated rings. The predicted octanol–water partition coefficient (Wildman–Crippen LogP) is 4.05. The van der Waals surface area contributed by atoms with Crippen molar-refractivity contribution in [3.8, 4) is 0 Å². The quantitative estimate of drug-likeness (QED) is 0.757. The Morgan fingerprint density at radius 1 is 1.17 bits per heavy atom. The minimum Gasteiger partial charge on any atom is -0.300 e. The minimum absolute atomic E-state index is 0.783. The van der Waals surface area contributed by atoms with E-state index in [1.165, 1.54) is 45.2 Å². The van der Waals surface area contributed by atoms with Gasteiger partial charge in [-0.1, -0.05) is 50.1 Å². The first-order valence-electron chi connectivity index (χ1n) is 7.67. The van der Waals surface area contributed by atoms with Gasteiger partial charge in [0.25, 0.3) is 0 Å². The molecule has 2 saturated heterocycles. The first kappa shape index (κ1) is 12.2. The summed E-state index contributed by atoms with van der Waals surface area (Å²) in [5.74, 6) is 1.69. The van der Waals surface area contributed by atoms with Gasteiger partial charge in [-0.25, -0.2) is 0 Å². The van der Waals surface area contributed by atoms with Crippen molar-refractivity contribution in [2.75, 3.05) is 13.1 Å². The third-order valence-electron chi connectivity index (χ3n) is 5.01. The van der Waals surface area contributed by atoms with Gasteiger partial charge >= 0.3 is 0 Å². The van der Waals surface area contributed by atoms with E-state index < -0.39 is 0 Å². The van der Waals surface area contributed by atoms with Crippen LogP contribution < -0.4 is 0 Å². The molecule has 1 aromatic rings. The Morgan fingerprint density at radius 2 is 2.00 bits per heavy atom. The van der Waals surface area contributed by atoms with Crippen LogP contribution in [-0.4, -0.2) is 24.0 Å². The van der Waals surface area contributed by atoms with E-state index in [-0.39, 0.29) is 0 Å². The zero-order valence-electron chi connectivity index (χ0n) is 11.5. The molecule has 2 heterocycles. The molecule has 1 aromatic carbocycles. The van der Waals surface area contributed by atoms with Crippen LogP contribution in [0.25, 0.3) is 0 Å². The third-order valence-corrected chi connectivity index (χ3v) is 5.01. The molecule has 3 atom stereocenters. The lowest BCUT2D eigenvalue weighted by Crippen LogP contribution is -2.49. The van der Waals surface area contributed by atoms with E-state index in [1.807, 2.05) is 0 Å². The number of rotatable bonds is 2. The fraction of sp³-hybridized carbons (Fsp3) is 0.647. The van der Waals surface area contributed by atoms with Crippen LogP contribution in [0.5, 0.6) is 0 Å². The summed E-state index contributed by atoms with van der Waals surface area (Å²) in [7, 11) is 0. The molecule has 0 aromatic heterocycles. The average Bonchev–Trinajstić information content (AvgIpc) is 2.47. The molecule has 2 aliphatic rings. The van der Waals surface area contributed by atoms with E-state index in [2.05, 4.69) is 42.2 Å². The lowest BCUT2D eigenvalue weighted by Gasteiger charge is -2.47. The largest absolute Gasteiger partial charge is 0.300 e. The van der Waals surface area contributed by atoms with Gasteiger partial charge in [0, 0.05) is 12.6 Å². The Balaban J connectivity index is 1.85. The molecular weight excluding hydrogens is 218 g/mol. The molecule has 0 aliphatic carbocycles. The van der Waals surface area contributed by atoms with E-state index in [0.717, 1.165) is 17.9 Å². The van der Waals surface area contributed by atoms with Crippen LogP contribution in [0.2, 0.25) is 0 Å². The second-order valence-corrected chi connectivity index (χ2v) is 6.09. The Labute approximate surface area is 111 Å². The maximum Gasteiger partial charge on any atom is 0.0164 e. The summed E-state index contributed by atoms with van der Waals surface area (Å²) in [6, 6.07) is 12.1.